The molecule has 6 nitrogen and oxygen atoms in total. The summed E-state index contributed by atoms with van der Waals surface area (Å²) in [7, 11) is 0. The largest absolute Gasteiger partial charge is 0.357 e. The van der Waals surface area contributed by atoms with Gasteiger partial charge in [-0.15, -0.1) is 0 Å². The number of nitrogens with one attached hydrogen (secondary N) is 1. The summed E-state index contributed by atoms with van der Waals surface area (Å²) >= 11 is 0. The number of carbonyl (C=O) groups excluding carboxylic acids is 2. The molecule has 6 heteroatoms. The van der Waals surface area contributed by atoms with Crippen LogP contribution in [-0.2, 0) is 16.0 Å². The number of piperidine rings is 2. The van der Waals surface area contributed by atoms with Gasteiger partial charge in [0, 0.05) is 50.1 Å². The molecule has 38 heavy (non-hydrogen) atoms. The maximum Gasteiger partial charge on any atom is 0.224 e. The van der Waals surface area contributed by atoms with E-state index in [-0.39, 0.29) is 24.7 Å². The van der Waals surface area contributed by atoms with Gasteiger partial charge in [0.25, 0.3) is 0 Å². The fourth-order valence-electron chi connectivity index (χ4n) is 5.79. The van der Waals surface area contributed by atoms with Gasteiger partial charge >= 0.3 is 0 Å². The number of fused-ring (bicyclic) bond motifs is 1. The first-order valence-electron chi connectivity index (χ1n) is 14.2. The smallest absolute Gasteiger partial charge is 0.224 e. The zero-order valence-electron chi connectivity index (χ0n) is 22.8. The second-order valence-corrected chi connectivity index (χ2v) is 11.3. The van der Waals surface area contributed by atoms with Crippen LogP contribution in [0.4, 0.5) is 11.5 Å². The molecule has 3 aromatic rings. The molecule has 3 heterocycles. The number of anilines is 2. The lowest BCUT2D eigenvalue weighted by Gasteiger charge is -2.32. The maximum absolute atomic E-state index is 12.8. The van der Waals surface area contributed by atoms with Crippen molar-refractivity contribution in [2.24, 2.45) is 11.8 Å². The summed E-state index contributed by atoms with van der Waals surface area (Å²) < 4.78 is 0. The summed E-state index contributed by atoms with van der Waals surface area (Å²) in [6.45, 7) is 8.10. The molecule has 0 bridgehead atoms. The highest BCUT2D eigenvalue weighted by Gasteiger charge is 2.23. The minimum Gasteiger partial charge on any atom is -0.357 e. The lowest BCUT2D eigenvalue weighted by molar-refractivity contribution is -0.134. The van der Waals surface area contributed by atoms with E-state index in [1.807, 2.05) is 29.2 Å². The summed E-state index contributed by atoms with van der Waals surface area (Å²) in [6, 6.07) is 18.6. The van der Waals surface area contributed by atoms with Crippen LogP contribution in [0, 0.1) is 18.8 Å². The lowest BCUT2D eigenvalue weighted by Crippen LogP contribution is -2.39. The molecule has 2 aliphatic rings. The van der Waals surface area contributed by atoms with Crippen molar-refractivity contribution in [3.8, 4) is 0 Å². The molecular formula is C32H40N4O2. The molecule has 2 aliphatic heterocycles. The minimum atomic E-state index is -0.124. The number of aryl methyl sites for hydroxylation is 1. The highest BCUT2D eigenvalue weighted by atomic mass is 16.2. The zero-order chi connectivity index (χ0) is 26.5. The normalized spacial score (nSPS) is 17.1. The van der Waals surface area contributed by atoms with Crippen molar-refractivity contribution >= 4 is 34.2 Å². The Morgan fingerprint density at radius 2 is 1.66 bits per heavy atom. The van der Waals surface area contributed by atoms with Gasteiger partial charge in [-0.05, 0) is 86.3 Å². The molecule has 2 fully saturated rings. The number of benzene rings is 2. The van der Waals surface area contributed by atoms with Crippen molar-refractivity contribution in [1.29, 1.82) is 0 Å². The van der Waals surface area contributed by atoms with Crippen molar-refractivity contribution in [2.75, 3.05) is 36.4 Å². The van der Waals surface area contributed by atoms with Crippen LogP contribution < -0.4 is 10.2 Å². The van der Waals surface area contributed by atoms with Crippen LogP contribution in [0.2, 0.25) is 0 Å². The summed E-state index contributed by atoms with van der Waals surface area (Å²) in [5.74, 6) is 2.40. The Kier molecular flexibility index (Phi) is 8.26. The second kappa shape index (κ2) is 12.0. The van der Waals surface area contributed by atoms with E-state index in [4.69, 9.17) is 4.98 Å². The number of carbonyl (C=O) groups is 2. The van der Waals surface area contributed by atoms with Gasteiger partial charge in [0.15, 0.2) is 0 Å². The van der Waals surface area contributed by atoms with Gasteiger partial charge in [-0.25, -0.2) is 4.98 Å². The van der Waals surface area contributed by atoms with E-state index in [0.717, 1.165) is 79.3 Å². The van der Waals surface area contributed by atoms with Crippen LogP contribution >= 0.6 is 0 Å². The van der Waals surface area contributed by atoms with E-state index in [9.17, 15) is 9.59 Å². The van der Waals surface area contributed by atoms with E-state index < -0.39 is 0 Å². The van der Waals surface area contributed by atoms with Gasteiger partial charge in [-0.3, -0.25) is 9.59 Å². The van der Waals surface area contributed by atoms with Crippen LogP contribution in [0.25, 0.3) is 10.9 Å². The Labute approximate surface area is 226 Å². The lowest BCUT2D eigenvalue weighted by atomic mass is 9.90. The summed E-state index contributed by atoms with van der Waals surface area (Å²) in [4.78, 5) is 34.6. The van der Waals surface area contributed by atoms with E-state index in [1.54, 1.807) is 0 Å². The van der Waals surface area contributed by atoms with Crippen molar-refractivity contribution in [1.82, 2.24) is 9.88 Å². The molecular weight excluding hydrogens is 472 g/mol. The third-order valence-electron chi connectivity index (χ3n) is 8.29. The minimum absolute atomic E-state index is 0.0801. The molecule has 2 saturated heterocycles. The van der Waals surface area contributed by atoms with E-state index in [0.29, 0.717) is 5.92 Å². The standard InChI is InChI=1S/C32H40N4O2/c1-23-12-16-35(17-13-23)30-20-24(2)28-22-27(8-9-29(28)34-30)33-31(37)10-11-32(38)36-18-14-26(15-19-36)21-25-6-4-3-5-7-25/h3-9,20,22-23,26H,10-19,21H2,1-2H3,(H,33,37). The molecule has 200 valence electrons. The molecule has 2 amide bonds. The number of aromatic nitrogens is 1. The Morgan fingerprint density at radius 3 is 2.39 bits per heavy atom. The third-order valence-corrected chi connectivity index (χ3v) is 8.29. The molecule has 1 aromatic heterocycles. The van der Waals surface area contributed by atoms with Gasteiger partial charge in [-0.1, -0.05) is 37.3 Å². The van der Waals surface area contributed by atoms with Gasteiger partial charge in [0.1, 0.15) is 5.82 Å². The molecule has 0 aliphatic carbocycles. The fourth-order valence-corrected chi connectivity index (χ4v) is 5.79. The molecule has 5 rings (SSSR count). The van der Waals surface area contributed by atoms with E-state index in [1.165, 1.54) is 18.4 Å². The van der Waals surface area contributed by atoms with Crippen molar-refractivity contribution in [3.63, 3.8) is 0 Å². The van der Waals surface area contributed by atoms with Gasteiger partial charge in [-0.2, -0.15) is 0 Å². The number of nitrogens with zero attached hydrogens (tertiary/aromatic N) is 3. The topological polar surface area (TPSA) is 65.5 Å². The first-order valence-corrected chi connectivity index (χ1v) is 14.2. The number of amides is 2. The van der Waals surface area contributed by atoms with Crippen LogP contribution in [-0.4, -0.2) is 47.9 Å². The van der Waals surface area contributed by atoms with E-state index >= 15 is 0 Å². The van der Waals surface area contributed by atoms with Crippen LogP contribution in [0.1, 0.15) is 56.6 Å². The Morgan fingerprint density at radius 1 is 0.921 bits per heavy atom. The Bertz CT molecular complexity index is 1260. The van der Waals surface area contributed by atoms with Gasteiger partial charge in [0.2, 0.25) is 11.8 Å². The molecule has 0 radical (unpaired) electrons. The molecule has 0 spiro atoms. The van der Waals surface area contributed by atoms with Crippen LogP contribution in [0.15, 0.2) is 54.6 Å². The summed E-state index contributed by atoms with van der Waals surface area (Å²) in [6.07, 6.45) is 5.99. The first kappa shape index (κ1) is 26.2. The monoisotopic (exact) mass is 512 g/mol. The predicted octanol–water partition coefficient (Wildman–Crippen LogP) is 5.98. The Hall–Kier alpha value is -3.41. The second-order valence-electron chi connectivity index (χ2n) is 11.3. The maximum atomic E-state index is 12.8. The van der Waals surface area contributed by atoms with Crippen molar-refractivity contribution in [3.05, 3.63) is 65.7 Å². The SMILES string of the molecule is Cc1cc(N2CCC(C)CC2)nc2ccc(NC(=O)CCC(=O)N3CCC(Cc4ccccc4)CC3)cc12. The number of hydrogen-bond donors (Lipinski definition) is 1. The van der Waals surface area contributed by atoms with Crippen molar-refractivity contribution < 1.29 is 9.59 Å². The predicted molar refractivity (Wildman–Crippen MR) is 154 cm³/mol. The molecule has 0 saturated carbocycles. The summed E-state index contributed by atoms with van der Waals surface area (Å²) in [5.41, 5.74) is 4.22. The molecule has 0 unspecified atom stereocenters. The molecule has 0 atom stereocenters. The number of pyridine rings is 1. The summed E-state index contributed by atoms with van der Waals surface area (Å²) in [5, 5.41) is 4.04. The highest BCUT2D eigenvalue weighted by Crippen LogP contribution is 2.28. The quantitative estimate of drug-likeness (QED) is 0.423. The van der Waals surface area contributed by atoms with Crippen LogP contribution in [0.5, 0.6) is 0 Å². The van der Waals surface area contributed by atoms with Gasteiger partial charge < -0.3 is 15.1 Å². The van der Waals surface area contributed by atoms with Crippen molar-refractivity contribution in [2.45, 2.75) is 58.8 Å². The molecule has 1 N–H and O–H groups in total. The number of rotatable bonds is 7. The molecule has 2 aromatic carbocycles. The Balaban J connectivity index is 1.10. The highest BCUT2D eigenvalue weighted by molar-refractivity contribution is 5.96. The third kappa shape index (κ3) is 6.53. The average Bonchev–Trinajstić information content (AvgIpc) is 2.93. The van der Waals surface area contributed by atoms with E-state index in [2.05, 4.69) is 54.4 Å². The van der Waals surface area contributed by atoms with Crippen LogP contribution in [0.3, 0.4) is 0 Å². The number of likely N-dealkylation sites (tertiary alicyclic amines) is 1. The fraction of sp³-hybridized carbons (Fsp3) is 0.469. The number of hydrogen-bond acceptors (Lipinski definition) is 4. The average molecular weight is 513 g/mol. The zero-order valence-corrected chi connectivity index (χ0v) is 22.8. The first-order chi connectivity index (χ1) is 18.4. The van der Waals surface area contributed by atoms with Gasteiger partial charge in [0.05, 0.1) is 5.52 Å².